The van der Waals surface area contributed by atoms with Crippen molar-refractivity contribution in [1.29, 1.82) is 0 Å². The summed E-state index contributed by atoms with van der Waals surface area (Å²) in [6.07, 6.45) is 0.848. The average molecular weight is 555 g/mol. The lowest BCUT2D eigenvalue weighted by atomic mass is 9.84. The van der Waals surface area contributed by atoms with Gasteiger partial charge in [-0.25, -0.2) is 25.0 Å². The maximum atomic E-state index is 12.8. The molecule has 9 nitrogen and oxygen atoms in total. The number of halogens is 2. The van der Waals surface area contributed by atoms with E-state index in [0.29, 0.717) is 46.6 Å². The monoisotopic (exact) mass is 553 g/mol. The van der Waals surface area contributed by atoms with Crippen molar-refractivity contribution in [1.82, 2.24) is 14.8 Å². The number of sulfone groups is 1. The second kappa shape index (κ2) is 8.24. The van der Waals surface area contributed by atoms with Gasteiger partial charge in [0.05, 0.1) is 32.1 Å². The van der Waals surface area contributed by atoms with Gasteiger partial charge >= 0.3 is 7.05 Å². The molecule has 2 fully saturated rings. The standard InChI is InChI=1S/C20H22BBrClN5O4S/c1-4-33(30,31)20-25-17-14(13-10(6-24-3)9-32-18(13)15(22)16(17)23)19(26-20)27-7-12-5-11(27)8-28(12)21(2)29/h10-12,29H,4-9H2,1-2H3/t10?,11-,12-/m1/s1. The van der Waals surface area contributed by atoms with E-state index >= 15 is 0 Å². The van der Waals surface area contributed by atoms with E-state index in [-0.39, 0.29) is 40.5 Å². The van der Waals surface area contributed by atoms with E-state index in [9.17, 15) is 13.4 Å². The molecule has 174 valence electrons. The third-order valence-electron chi connectivity index (χ3n) is 6.83. The van der Waals surface area contributed by atoms with Crippen LogP contribution in [-0.2, 0) is 9.84 Å². The normalized spacial score (nSPS) is 24.2. The fourth-order valence-electron chi connectivity index (χ4n) is 5.21. The first-order chi connectivity index (χ1) is 15.7. The molecule has 13 heteroatoms. The van der Waals surface area contributed by atoms with E-state index in [1.54, 1.807) is 13.7 Å². The van der Waals surface area contributed by atoms with E-state index < -0.39 is 16.9 Å². The van der Waals surface area contributed by atoms with Crippen molar-refractivity contribution in [2.45, 2.75) is 43.3 Å². The molecule has 3 aliphatic rings. The Labute approximate surface area is 206 Å². The highest BCUT2D eigenvalue weighted by Gasteiger charge is 2.47. The second-order valence-electron chi connectivity index (χ2n) is 8.70. The van der Waals surface area contributed by atoms with Crippen LogP contribution in [0.5, 0.6) is 5.75 Å². The summed E-state index contributed by atoms with van der Waals surface area (Å²) in [6, 6.07) is 0.208. The molecule has 3 atom stereocenters. The van der Waals surface area contributed by atoms with Crippen LogP contribution < -0.4 is 9.64 Å². The Hall–Kier alpha value is -1.65. The second-order valence-corrected chi connectivity index (χ2v) is 12.0. The summed E-state index contributed by atoms with van der Waals surface area (Å²) in [5.74, 6) is 0.744. The fraction of sp³-hybridized carbons (Fsp3) is 0.550. The van der Waals surface area contributed by atoms with Crippen LogP contribution >= 0.6 is 27.5 Å². The molecule has 3 aliphatic heterocycles. The summed E-state index contributed by atoms with van der Waals surface area (Å²) < 4.78 is 32.0. The highest BCUT2D eigenvalue weighted by Crippen LogP contribution is 2.51. The number of rotatable bonds is 5. The molecule has 0 amide bonds. The number of piperazine rings is 1. The minimum atomic E-state index is -3.70. The molecule has 0 spiro atoms. The van der Waals surface area contributed by atoms with E-state index in [2.05, 4.69) is 35.6 Å². The first kappa shape index (κ1) is 23.1. The van der Waals surface area contributed by atoms with E-state index in [0.717, 1.165) is 12.0 Å². The summed E-state index contributed by atoms with van der Waals surface area (Å²) in [4.78, 5) is 16.7. The summed E-state index contributed by atoms with van der Waals surface area (Å²) in [6.45, 7) is 12.5. The minimum absolute atomic E-state index is 0.0691. The van der Waals surface area contributed by atoms with Gasteiger partial charge < -0.3 is 24.3 Å². The lowest BCUT2D eigenvalue weighted by Gasteiger charge is -2.36. The summed E-state index contributed by atoms with van der Waals surface area (Å²) in [5, 5.41) is 10.8. The first-order valence-electron chi connectivity index (χ1n) is 10.8. The zero-order valence-corrected chi connectivity index (χ0v) is 21.3. The molecular formula is C20H22BBrClN5O4S. The molecule has 4 heterocycles. The van der Waals surface area contributed by atoms with Crippen molar-refractivity contribution in [2.75, 3.05) is 36.9 Å². The maximum absolute atomic E-state index is 12.8. The lowest BCUT2D eigenvalue weighted by Crippen LogP contribution is -2.52. The zero-order chi connectivity index (χ0) is 23.7. The van der Waals surface area contributed by atoms with Crippen LogP contribution in [0.2, 0.25) is 11.8 Å². The van der Waals surface area contributed by atoms with Crippen LogP contribution in [0.3, 0.4) is 0 Å². The van der Waals surface area contributed by atoms with Gasteiger partial charge in [-0.15, -0.1) is 0 Å². The van der Waals surface area contributed by atoms with Crippen LogP contribution in [0.1, 0.15) is 24.8 Å². The van der Waals surface area contributed by atoms with Gasteiger partial charge in [-0.3, -0.25) is 0 Å². The van der Waals surface area contributed by atoms with Gasteiger partial charge in [-0.2, -0.15) is 0 Å². The molecule has 0 radical (unpaired) electrons. The number of aromatic nitrogens is 2. The molecule has 1 N–H and O–H groups in total. The van der Waals surface area contributed by atoms with E-state index in [1.807, 2.05) is 4.81 Å². The largest absolute Gasteiger partial charge is 0.491 e. The molecular weight excluding hydrogens is 532 g/mol. The molecule has 1 unspecified atom stereocenters. The highest BCUT2D eigenvalue weighted by molar-refractivity contribution is 9.10. The van der Waals surface area contributed by atoms with Gasteiger partial charge in [-0.05, 0) is 29.2 Å². The molecule has 5 rings (SSSR count). The van der Waals surface area contributed by atoms with Gasteiger partial charge in [0.2, 0.25) is 21.5 Å². The third kappa shape index (κ3) is 3.51. The lowest BCUT2D eigenvalue weighted by molar-refractivity contribution is 0.328. The van der Waals surface area contributed by atoms with Crippen LogP contribution in [0.15, 0.2) is 9.63 Å². The number of fused-ring (bicyclic) bond motifs is 5. The first-order valence-corrected chi connectivity index (χ1v) is 13.6. The number of anilines is 1. The Balaban J connectivity index is 1.78. The maximum Gasteiger partial charge on any atom is 0.376 e. The van der Waals surface area contributed by atoms with Crippen LogP contribution in [0.25, 0.3) is 15.7 Å². The van der Waals surface area contributed by atoms with Crippen molar-refractivity contribution in [3.63, 3.8) is 0 Å². The summed E-state index contributed by atoms with van der Waals surface area (Å²) in [7, 11) is -4.25. The summed E-state index contributed by atoms with van der Waals surface area (Å²) >= 11 is 10.2. The molecule has 1 aromatic carbocycles. The molecule has 1 aromatic heterocycles. The summed E-state index contributed by atoms with van der Waals surface area (Å²) in [5.41, 5.74) is 1.14. The fourth-order valence-corrected chi connectivity index (χ4v) is 6.67. The zero-order valence-electron chi connectivity index (χ0n) is 18.1. The number of ether oxygens (including phenoxy) is 1. The Bertz CT molecular complexity index is 1300. The van der Waals surface area contributed by atoms with E-state index in [1.165, 1.54) is 0 Å². The van der Waals surface area contributed by atoms with Gasteiger partial charge in [0.15, 0.2) is 0 Å². The van der Waals surface area contributed by atoms with E-state index in [4.69, 9.17) is 22.9 Å². The Morgan fingerprint density at radius 1 is 1.36 bits per heavy atom. The van der Waals surface area contributed by atoms with Crippen molar-refractivity contribution in [2.24, 2.45) is 0 Å². The molecule has 2 aromatic rings. The van der Waals surface area contributed by atoms with Gasteiger partial charge in [0.25, 0.3) is 0 Å². The van der Waals surface area contributed by atoms with Gasteiger partial charge in [0.1, 0.15) is 18.2 Å². The minimum Gasteiger partial charge on any atom is -0.491 e. The molecule has 33 heavy (non-hydrogen) atoms. The third-order valence-corrected chi connectivity index (χ3v) is 9.68. The average Bonchev–Trinajstić information content (AvgIpc) is 3.51. The number of hydrogen-bond donors (Lipinski definition) is 1. The van der Waals surface area contributed by atoms with Crippen LogP contribution in [0, 0.1) is 6.57 Å². The Kier molecular flexibility index (Phi) is 5.77. The Morgan fingerprint density at radius 3 is 2.73 bits per heavy atom. The van der Waals surface area contributed by atoms with Gasteiger partial charge in [-0.1, -0.05) is 18.5 Å². The molecule has 0 aliphatic carbocycles. The Morgan fingerprint density at radius 2 is 2.12 bits per heavy atom. The van der Waals surface area contributed by atoms with Crippen molar-refractivity contribution >= 4 is 61.1 Å². The number of hydrogen-bond acceptors (Lipinski definition) is 8. The highest BCUT2D eigenvalue weighted by atomic mass is 79.9. The van der Waals surface area contributed by atoms with Crippen LogP contribution in [-0.4, -0.2) is 79.3 Å². The molecule has 0 saturated carbocycles. The van der Waals surface area contributed by atoms with Crippen LogP contribution in [0.4, 0.5) is 5.82 Å². The predicted octanol–water partition coefficient (Wildman–Crippen LogP) is 2.61. The quantitative estimate of drug-likeness (QED) is 0.342. The molecule has 2 bridgehead atoms. The predicted molar refractivity (Wildman–Crippen MR) is 130 cm³/mol. The number of nitrogens with zero attached hydrogens (tertiary/aromatic N) is 5. The molecule has 2 saturated heterocycles. The van der Waals surface area contributed by atoms with Crippen molar-refractivity contribution in [3.05, 3.63) is 26.5 Å². The smallest absolute Gasteiger partial charge is 0.376 e. The number of benzene rings is 1. The van der Waals surface area contributed by atoms with Gasteiger partial charge in [0, 0.05) is 30.7 Å². The SMILES string of the molecule is [C-]#[N+]CC1COc2c(Br)c(Cl)c3nc(S(=O)(=O)CC)nc(N4C[C@H]5C[C@@H]4CN5B(C)O)c3c21. The topological polar surface area (TPSA) is 100 Å². The van der Waals surface area contributed by atoms with Crippen molar-refractivity contribution < 1.29 is 18.2 Å². The van der Waals surface area contributed by atoms with Crippen molar-refractivity contribution in [3.8, 4) is 5.75 Å².